The first-order valence-electron chi connectivity index (χ1n) is 2.96. The van der Waals surface area contributed by atoms with E-state index in [1.165, 1.54) is 0 Å². The normalized spacial score (nSPS) is 13.6. The molecule has 0 aromatic carbocycles. The largest absolute Gasteiger partial charge is 0.0980 e. The lowest BCUT2D eigenvalue weighted by Gasteiger charge is -2.11. The van der Waals surface area contributed by atoms with E-state index in [-0.39, 0.29) is 5.41 Å². The zero-order chi connectivity index (χ0) is 7.49. The van der Waals surface area contributed by atoms with Gasteiger partial charge < -0.3 is 0 Å². The minimum Gasteiger partial charge on any atom is -0.0980 e. The summed E-state index contributed by atoms with van der Waals surface area (Å²) in [6.07, 6.45) is 3.92. The molecule has 0 aromatic rings. The minimum absolute atomic E-state index is 0.243. The van der Waals surface area contributed by atoms with Gasteiger partial charge in [0, 0.05) is 4.48 Å². The average molecular weight is 189 g/mol. The zero-order valence-electron chi connectivity index (χ0n) is 6.24. The molecule has 0 spiro atoms. The number of allylic oxidation sites excluding steroid dienone is 3. The molecule has 0 aliphatic rings. The van der Waals surface area contributed by atoms with Crippen LogP contribution in [0.4, 0.5) is 0 Å². The molecular formula is C8H13Br. The van der Waals surface area contributed by atoms with Gasteiger partial charge in [0.15, 0.2) is 0 Å². The van der Waals surface area contributed by atoms with Crippen molar-refractivity contribution >= 4 is 15.9 Å². The van der Waals surface area contributed by atoms with E-state index in [1.54, 1.807) is 6.08 Å². The molecule has 0 N–H and O–H groups in total. The molecule has 0 nitrogen and oxygen atoms in total. The van der Waals surface area contributed by atoms with Crippen LogP contribution in [0.5, 0.6) is 0 Å². The zero-order valence-corrected chi connectivity index (χ0v) is 7.83. The molecule has 0 saturated carbocycles. The second-order valence-corrected chi connectivity index (χ2v) is 4.02. The van der Waals surface area contributed by atoms with E-state index >= 15 is 0 Å². The van der Waals surface area contributed by atoms with Crippen molar-refractivity contribution in [1.82, 2.24) is 0 Å². The van der Waals surface area contributed by atoms with E-state index in [9.17, 15) is 0 Å². The van der Waals surface area contributed by atoms with Crippen LogP contribution in [0, 0.1) is 5.41 Å². The minimum atomic E-state index is 0.243. The van der Waals surface area contributed by atoms with Crippen molar-refractivity contribution in [3.05, 3.63) is 23.2 Å². The van der Waals surface area contributed by atoms with Crippen molar-refractivity contribution in [2.75, 3.05) is 0 Å². The smallest absolute Gasteiger partial charge is 0.0134 e. The molecule has 0 aliphatic carbocycles. The number of halogens is 1. The first-order chi connectivity index (χ1) is 3.95. The van der Waals surface area contributed by atoms with Crippen molar-refractivity contribution in [3.8, 4) is 0 Å². The Kier molecular flexibility index (Phi) is 3.20. The Balaban J connectivity index is 4.11. The van der Waals surface area contributed by atoms with Gasteiger partial charge in [-0.1, -0.05) is 55.4 Å². The molecule has 0 fully saturated rings. The van der Waals surface area contributed by atoms with E-state index in [4.69, 9.17) is 0 Å². The molecule has 0 saturated heterocycles. The molecule has 0 aliphatic heterocycles. The third kappa shape index (κ3) is 5.84. The van der Waals surface area contributed by atoms with E-state index in [0.717, 1.165) is 4.48 Å². The second kappa shape index (κ2) is 3.21. The fourth-order valence-corrected chi connectivity index (χ4v) is 1.16. The van der Waals surface area contributed by atoms with Crippen LogP contribution < -0.4 is 0 Å². The second-order valence-electron chi connectivity index (χ2n) is 3.10. The van der Waals surface area contributed by atoms with Crippen LogP contribution in [0.2, 0.25) is 0 Å². The van der Waals surface area contributed by atoms with Crippen LogP contribution in [0.25, 0.3) is 0 Å². The molecule has 0 amide bonds. The van der Waals surface area contributed by atoms with Crippen LogP contribution in [-0.4, -0.2) is 0 Å². The lowest BCUT2D eigenvalue weighted by molar-refractivity contribution is 0.543. The predicted octanol–water partition coefficient (Wildman–Crippen LogP) is 3.50. The highest BCUT2D eigenvalue weighted by Gasteiger charge is 2.04. The molecule has 0 unspecified atom stereocenters. The summed E-state index contributed by atoms with van der Waals surface area (Å²) >= 11 is 3.36. The predicted molar refractivity (Wildman–Crippen MR) is 46.7 cm³/mol. The molecule has 1 heteroatoms. The molecule has 0 radical (unpaired) electrons. The van der Waals surface area contributed by atoms with Crippen molar-refractivity contribution in [2.45, 2.75) is 20.8 Å². The summed E-state index contributed by atoms with van der Waals surface area (Å²) < 4.78 is 1.06. The van der Waals surface area contributed by atoms with Crippen LogP contribution >= 0.6 is 15.9 Å². The van der Waals surface area contributed by atoms with Gasteiger partial charge in [-0.2, -0.15) is 0 Å². The third-order valence-corrected chi connectivity index (χ3v) is 1.32. The van der Waals surface area contributed by atoms with Gasteiger partial charge in [0.2, 0.25) is 0 Å². The summed E-state index contributed by atoms with van der Waals surface area (Å²) in [4.78, 5) is 0. The summed E-state index contributed by atoms with van der Waals surface area (Å²) in [6, 6.07) is 0. The van der Waals surface area contributed by atoms with Crippen molar-refractivity contribution in [1.29, 1.82) is 0 Å². The topological polar surface area (TPSA) is 0 Å². The lowest BCUT2D eigenvalue weighted by atomic mass is 9.96. The third-order valence-electron chi connectivity index (χ3n) is 0.766. The standard InChI is InChI=1S/C8H13Br/c1-5-7(9)6-8(2,3)4/h5-6H,1H2,2-4H3/b7-6-. The number of hydrogen-bond acceptors (Lipinski definition) is 0. The average Bonchev–Trinajstić information content (AvgIpc) is 1.62. The van der Waals surface area contributed by atoms with Gasteiger partial charge in [0.25, 0.3) is 0 Å². The van der Waals surface area contributed by atoms with Crippen LogP contribution in [0.15, 0.2) is 23.2 Å². The lowest BCUT2D eigenvalue weighted by Crippen LogP contribution is -1.98. The van der Waals surface area contributed by atoms with E-state index < -0.39 is 0 Å². The maximum Gasteiger partial charge on any atom is 0.0134 e. The quantitative estimate of drug-likeness (QED) is 0.554. The van der Waals surface area contributed by atoms with Crippen LogP contribution in [0.3, 0.4) is 0 Å². The van der Waals surface area contributed by atoms with Crippen LogP contribution in [-0.2, 0) is 0 Å². The summed E-state index contributed by atoms with van der Waals surface area (Å²) in [6.45, 7) is 10.1. The molecule has 9 heavy (non-hydrogen) atoms. The van der Waals surface area contributed by atoms with Crippen LogP contribution in [0.1, 0.15) is 20.8 Å². The Morgan fingerprint density at radius 1 is 1.44 bits per heavy atom. The Hall–Kier alpha value is -0.0400. The fraction of sp³-hybridized carbons (Fsp3) is 0.500. The van der Waals surface area contributed by atoms with Gasteiger partial charge in [-0.3, -0.25) is 0 Å². The Morgan fingerprint density at radius 3 is 2.00 bits per heavy atom. The van der Waals surface area contributed by atoms with Gasteiger partial charge in [-0.25, -0.2) is 0 Å². The molecular weight excluding hydrogens is 176 g/mol. The molecule has 0 atom stereocenters. The van der Waals surface area contributed by atoms with Gasteiger partial charge in [-0.05, 0) is 5.41 Å². The first-order valence-corrected chi connectivity index (χ1v) is 3.76. The highest BCUT2D eigenvalue weighted by molar-refractivity contribution is 9.11. The van der Waals surface area contributed by atoms with Crippen molar-refractivity contribution in [3.63, 3.8) is 0 Å². The fourth-order valence-electron chi connectivity index (χ4n) is 0.473. The summed E-state index contributed by atoms with van der Waals surface area (Å²) in [7, 11) is 0. The van der Waals surface area contributed by atoms with Gasteiger partial charge >= 0.3 is 0 Å². The maximum absolute atomic E-state index is 3.63. The van der Waals surface area contributed by atoms with Gasteiger partial charge in [0.05, 0.1) is 0 Å². The Labute approximate surface area is 65.8 Å². The molecule has 52 valence electrons. The number of hydrogen-bond donors (Lipinski definition) is 0. The molecule has 0 heterocycles. The summed E-state index contributed by atoms with van der Waals surface area (Å²) in [5.41, 5.74) is 0.243. The van der Waals surface area contributed by atoms with E-state index in [0.29, 0.717) is 0 Å². The van der Waals surface area contributed by atoms with Gasteiger partial charge in [-0.15, -0.1) is 0 Å². The van der Waals surface area contributed by atoms with Crippen molar-refractivity contribution in [2.24, 2.45) is 5.41 Å². The van der Waals surface area contributed by atoms with Crippen molar-refractivity contribution < 1.29 is 0 Å². The highest BCUT2D eigenvalue weighted by atomic mass is 79.9. The molecule has 0 bridgehead atoms. The van der Waals surface area contributed by atoms with Gasteiger partial charge in [0.1, 0.15) is 0 Å². The summed E-state index contributed by atoms with van der Waals surface area (Å²) in [5.74, 6) is 0. The maximum atomic E-state index is 3.63. The number of rotatable bonds is 1. The van der Waals surface area contributed by atoms with E-state index in [2.05, 4.69) is 49.4 Å². The SMILES string of the molecule is C=C/C(Br)=C/C(C)(C)C. The summed E-state index contributed by atoms with van der Waals surface area (Å²) in [5, 5.41) is 0. The first kappa shape index (κ1) is 8.96. The monoisotopic (exact) mass is 188 g/mol. The molecule has 0 aromatic heterocycles. The molecule has 0 rings (SSSR count). The van der Waals surface area contributed by atoms with E-state index in [1.807, 2.05) is 0 Å². The highest BCUT2D eigenvalue weighted by Crippen LogP contribution is 2.20. The Bertz CT molecular complexity index is 126. The Morgan fingerprint density at radius 2 is 1.89 bits per heavy atom.